The molecule has 0 aliphatic heterocycles. The number of carbonyl (C=O) groups is 1. The zero-order valence-corrected chi connectivity index (χ0v) is 10.4. The second-order valence-electron chi connectivity index (χ2n) is 3.17. The van der Waals surface area contributed by atoms with Crippen LogP contribution in [0.25, 0.3) is 0 Å². The summed E-state index contributed by atoms with van der Waals surface area (Å²) in [5, 5.41) is 0. The van der Waals surface area contributed by atoms with Gasteiger partial charge in [0.2, 0.25) is 5.78 Å². The second kappa shape index (κ2) is 4.35. The molecule has 0 unspecified atom stereocenters. The van der Waals surface area contributed by atoms with Crippen LogP contribution in [0.15, 0.2) is 34.1 Å². The maximum atomic E-state index is 13.5. The van der Waals surface area contributed by atoms with Gasteiger partial charge in [-0.3, -0.25) is 4.79 Å². The topological polar surface area (TPSA) is 43.1 Å². The lowest BCUT2D eigenvalue weighted by Crippen LogP contribution is -2.02. The highest BCUT2D eigenvalue weighted by Gasteiger charge is 2.15. The molecule has 0 saturated carbocycles. The smallest absolute Gasteiger partial charge is 0.205 e. The number of hydrogen-bond donors (Lipinski definition) is 1. The molecule has 0 radical (unpaired) electrons. The van der Waals surface area contributed by atoms with Crippen molar-refractivity contribution in [1.82, 2.24) is 0 Å². The standard InChI is InChI=1S/C11H7BrFNOS/c12-10-4-3-9(16-10)11(15)7-2-1-6(14)5-8(7)13/h1-5H,14H2. The van der Waals surface area contributed by atoms with Gasteiger partial charge in [-0.25, -0.2) is 4.39 Å². The van der Waals surface area contributed by atoms with E-state index in [0.29, 0.717) is 10.6 Å². The van der Waals surface area contributed by atoms with Crippen LogP contribution in [0, 0.1) is 5.82 Å². The van der Waals surface area contributed by atoms with Crippen LogP contribution in [0.4, 0.5) is 10.1 Å². The maximum Gasteiger partial charge on any atom is 0.205 e. The molecule has 2 aromatic rings. The number of hydrogen-bond acceptors (Lipinski definition) is 3. The van der Waals surface area contributed by atoms with Crippen LogP contribution in [0.1, 0.15) is 15.2 Å². The lowest BCUT2D eigenvalue weighted by molar-refractivity contribution is 0.103. The van der Waals surface area contributed by atoms with E-state index in [2.05, 4.69) is 15.9 Å². The molecule has 0 bridgehead atoms. The van der Waals surface area contributed by atoms with Gasteiger partial charge in [0.05, 0.1) is 14.2 Å². The van der Waals surface area contributed by atoms with Crippen molar-refractivity contribution in [2.24, 2.45) is 0 Å². The molecule has 5 heteroatoms. The monoisotopic (exact) mass is 299 g/mol. The van der Waals surface area contributed by atoms with Crippen molar-refractivity contribution in [3.63, 3.8) is 0 Å². The molecule has 1 aromatic carbocycles. The fourth-order valence-corrected chi connectivity index (χ4v) is 2.62. The lowest BCUT2D eigenvalue weighted by Gasteiger charge is -2.01. The highest BCUT2D eigenvalue weighted by Crippen LogP contribution is 2.25. The molecule has 2 rings (SSSR count). The van der Waals surface area contributed by atoms with Crippen LogP contribution < -0.4 is 5.73 Å². The second-order valence-corrected chi connectivity index (χ2v) is 5.64. The first-order chi connectivity index (χ1) is 7.58. The van der Waals surface area contributed by atoms with Crippen molar-refractivity contribution in [2.45, 2.75) is 0 Å². The summed E-state index contributed by atoms with van der Waals surface area (Å²) >= 11 is 4.53. The molecule has 0 amide bonds. The van der Waals surface area contributed by atoms with Crippen LogP contribution >= 0.6 is 27.3 Å². The molecule has 1 heterocycles. The zero-order chi connectivity index (χ0) is 11.7. The molecule has 0 saturated heterocycles. The van der Waals surface area contributed by atoms with E-state index in [9.17, 15) is 9.18 Å². The number of nitrogen functional groups attached to an aromatic ring is 1. The Labute approximate surface area is 104 Å². The summed E-state index contributed by atoms with van der Waals surface area (Å²) in [5.74, 6) is -0.914. The van der Waals surface area contributed by atoms with E-state index in [1.165, 1.54) is 23.5 Å². The summed E-state index contributed by atoms with van der Waals surface area (Å²) < 4.78 is 14.3. The summed E-state index contributed by atoms with van der Waals surface area (Å²) in [6, 6.07) is 7.48. The van der Waals surface area contributed by atoms with Crippen LogP contribution in [0.3, 0.4) is 0 Å². The molecular formula is C11H7BrFNOS. The molecular weight excluding hydrogens is 293 g/mol. The third kappa shape index (κ3) is 2.15. The first-order valence-corrected chi connectivity index (χ1v) is 6.04. The molecule has 2 N–H and O–H groups in total. The van der Waals surface area contributed by atoms with Crippen molar-refractivity contribution in [2.75, 3.05) is 5.73 Å². The van der Waals surface area contributed by atoms with E-state index in [4.69, 9.17) is 5.73 Å². The van der Waals surface area contributed by atoms with E-state index in [0.717, 1.165) is 9.85 Å². The Morgan fingerprint density at radius 1 is 1.31 bits per heavy atom. The van der Waals surface area contributed by atoms with Crippen molar-refractivity contribution >= 4 is 38.7 Å². The van der Waals surface area contributed by atoms with Gasteiger partial charge in [-0.15, -0.1) is 11.3 Å². The first-order valence-electron chi connectivity index (χ1n) is 4.43. The quantitative estimate of drug-likeness (QED) is 0.682. The van der Waals surface area contributed by atoms with E-state index < -0.39 is 5.82 Å². The highest BCUT2D eigenvalue weighted by molar-refractivity contribution is 9.11. The average Bonchev–Trinajstić information content (AvgIpc) is 2.64. The molecule has 82 valence electrons. The minimum atomic E-state index is -0.588. The maximum absolute atomic E-state index is 13.5. The predicted molar refractivity (Wildman–Crippen MR) is 66.3 cm³/mol. The Hall–Kier alpha value is -1.20. The Kier molecular flexibility index (Phi) is 3.07. The van der Waals surface area contributed by atoms with Crippen molar-refractivity contribution in [3.05, 3.63) is 50.4 Å². The molecule has 0 aliphatic rings. The van der Waals surface area contributed by atoms with E-state index >= 15 is 0 Å². The Morgan fingerprint density at radius 3 is 2.62 bits per heavy atom. The fraction of sp³-hybridized carbons (Fsp3) is 0. The number of rotatable bonds is 2. The summed E-state index contributed by atoms with van der Waals surface area (Å²) in [6.07, 6.45) is 0. The largest absolute Gasteiger partial charge is 0.399 e. The van der Waals surface area contributed by atoms with Gasteiger partial charge in [0, 0.05) is 5.69 Å². The summed E-state index contributed by atoms with van der Waals surface area (Å²) in [7, 11) is 0. The molecule has 0 aliphatic carbocycles. The number of nitrogens with two attached hydrogens (primary N) is 1. The van der Waals surface area contributed by atoms with Crippen molar-refractivity contribution in [1.29, 1.82) is 0 Å². The van der Waals surface area contributed by atoms with Gasteiger partial charge in [0.15, 0.2) is 0 Å². The summed E-state index contributed by atoms with van der Waals surface area (Å²) in [6.45, 7) is 0. The van der Waals surface area contributed by atoms with Gasteiger partial charge in [-0.2, -0.15) is 0 Å². The van der Waals surface area contributed by atoms with Gasteiger partial charge in [0.1, 0.15) is 5.82 Å². The van der Waals surface area contributed by atoms with Crippen LogP contribution in [0.2, 0.25) is 0 Å². The van der Waals surface area contributed by atoms with Gasteiger partial charge in [-0.1, -0.05) is 0 Å². The Bertz CT molecular complexity index is 553. The number of halogens is 2. The van der Waals surface area contributed by atoms with Crippen LogP contribution in [-0.2, 0) is 0 Å². The van der Waals surface area contributed by atoms with E-state index in [1.807, 2.05) is 0 Å². The number of ketones is 1. The van der Waals surface area contributed by atoms with E-state index in [-0.39, 0.29) is 11.3 Å². The van der Waals surface area contributed by atoms with E-state index in [1.54, 1.807) is 12.1 Å². The van der Waals surface area contributed by atoms with Crippen molar-refractivity contribution < 1.29 is 9.18 Å². The summed E-state index contributed by atoms with van der Waals surface area (Å²) in [4.78, 5) is 12.4. The fourth-order valence-electron chi connectivity index (χ4n) is 1.28. The first kappa shape index (κ1) is 11.3. The highest BCUT2D eigenvalue weighted by atomic mass is 79.9. The minimum Gasteiger partial charge on any atom is -0.399 e. The normalized spacial score (nSPS) is 10.4. The Morgan fingerprint density at radius 2 is 2.06 bits per heavy atom. The van der Waals surface area contributed by atoms with Gasteiger partial charge in [0.25, 0.3) is 0 Å². The summed E-state index contributed by atoms with van der Waals surface area (Å²) in [5.41, 5.74) is 5.77. The van der Waals surface area contributed by atoms with Crippen LogP contribution in [-0.4, -0.2) is 5.78 Å². The van der Waals surface area contributed by atoms with Crippen LogP contribution in [0.5, 0.6) is 0 Å². The minimum absolute atomic E-state index is 0.0450. The lowest BCUT2D eigenvalue weighted by atomic mass is 10.1. The van der Waals surface area contributed by atoms with Crippen molar-refractivity contribution in [3.8, 4) is 0 Å². The van der Waals surface area contributed by atoms with Gasteiger partial charge < -0.3 is 5.73 Å². The third-order valence-corrected chi connectivity index (χ3v) is 3.66. The predicted octanol–water partition coefficient (Wildman–Crippen LogP) is 3.46. The van der Waals surface area contributed by atoms with Gasteiger partial charge in [-0.05, 0) is 46.3 Å². The number of carbonyl (C=O) groups excluding carboxylic acids is 1. The zero-order valence-electron chi connectivity index (χ0n) is 8.04. The number of benzene rings is 1. The number of anilines is 1. The van der Waals surface area contributed by atoms with Gasteiger partial charge >= 0.3 is 0 Å². The molecule has 16 heavy (non-hydrogen) atoms. The molecule has 1 aromatic heterocycles. The third-order valence-electron chi connectivity index (χ3n) is 2.03. The SMILES string of the molecule is Nc1ccc(C(=O)c2ccc(Br)s2)c(F)c1. The number of thiophene rings is 1. The molecule has 2 nitrogen and oxygen atoms in total. The Balaban J connectivity index is 2.41. The molecule has 0 atom stereocenters. The average molecular weight is 300 g/mol. The molecule has 0 fully saturated rings. The molecule has 0 spiro atoms.